The van der Waals surface area contributed by atoms with E-state index in [1.807, 2.05) is 0 Å². The molecule has 0 radical (unpaired) electrons. The topological polar surface area (TPSA) is 66.4 Å². The summed E-state index contributed by atoms with van der Waals surface area (Å²) in [6.07, 6.45) is 5.07. The van der Waals surface area contributed by atoms with Crippen molar-refractivity contribution in [3.8, 4) is 0 Å². The van der Waals surface area contributed by atoms with Crippen molar-refractivity contribution in [3.63, 3.8) is 0 Å². The standard InChI is InChI=1S/C26H29F4NO.CH2O2/c27-23-16-22(26(28,29)30)13-14-24(23)31-25(32)21-8-4-7-20(15-21)19-11-9-18(10-12-19)17-5-2-1-3-6-17;2-1-3/h9-14,16-17,20-21H,1-8,15H2,(H,31,32);1H,(H,2,3). The Morgan fingerprint density at radius 2 is 1.46 bits per heavy atom. The van der Waals surface area contributed by atoms with E-state index in [9.17, 15) is 22.4 Å². The van der Waals surface area contributed by atoms with Crippen LogP contribution < -0.4 is 5.32 Å². The molecule has 8 heteroatoms. The first-order valence-corrected chi connectivity index (χ1v) is 12.1. The van der Waals surface area contributed by atoms with Gasteiger partial charge in [0.1, 0.15) is 5.82 Å². The Morgan fingerprint density at radius 3 is 2.03 bits per heavy atom. The summed E-state index contributed by atoms with van der Waals surface area (Å²) in [6.45, 7) is -0.250. The zero-order valence-corrected chi connectivity index (χ0v) is 19.5. The van der Waals surface area contributed by atoms with E-state index in [1.54, 1.807) is 0 Å². The van der Waals surface area contributed by atoms with Gasteiger partial charge in [-0.3, -0.25) is 9.59 Å². The Bertz CT molecular complexity index is 985. The molecular weight excluding hydrogens is 462 g/mol. The fourth-order valence-corrected chi connectivity index (χ4v) is 5.23. The molecule has 2 aromatic rings. The fourth-order valence-electron chi connectivity index (χ4n) is 5.23. The zero-order valence-electron chi connectivity index (χ0n) is 19.5. The minimum atomic E-state index is -4.62. The molecule has 0 saturated heterocycles. The Labute approximate surface area is 202 Å². The fraction of sp³-hybridized carbons (Fsp3) is 0.481. The molecule has 4 rings (SSSR count). The Morgan fingerprint density at radius 1 is 0.886 bits per heavy atom. The number of carboxylic acid groups (broad SMARTS) is 1. The minimum absolute atomic E-state index is 0.207. The van der Waals surface area contributed by atoms with Gasteiger partial charge in [0.15, 0.2) is 0 Å². The van der Waals surface area contributed by atoms with Crippen molar-refractivity contribution in [3.05, 3.63) is 65.0 Å². The molecule has 0 bridgehead atoms. The lowest BCUT2D eigenvalue weighted by atomic mass is 9.77. The van der Waals surface area contributed by atoms with E-state index in [-0.39, 0.29) is 29.9 Å². The lowest BCUT2D eigenvalue weighted by molar-refractivity contribution is -0.137. The van der Waals surface area contributed by atoms with Gasteiger partial charge in [-0.1, -0.05) is 49.9 Å². The van der Waals surface area contributed by atoms with E-state index in [1.165, 1.54) is 43.2 Å². The van der Waals surface area contributed by atoms with E-state index < -0.39 is 17.6 Å². The summed E-state index contributed by atoms with van der Waals surface area (Å²) in [6, 6.07) is 11.0. The number of hydrogen-bond acceptors (Lipinski definition) is 2. The van der Waals surface area contributed by atoms with Crippen molar-refractivity contribution >= 4 is 18.1 Å². The second-order valence-electron chi connectivity index (χ2n) is 9.35. The average Bonchev–Trinajstić information content (AvgIpc) is 2.86. The van der Waals surface area contributed by atoms with E-state index in [0.717, 1.165) is 25.0 Å². The van der Waals surface area contributed by atoms with Crippen molar-refractivity contribution in [2.24, 2.45) is 5.92 Å². The summed E-state index contributed by atoms with van der Waals surface area (Å²) >= 11 is 0. The molecule has 2 saturated carbocycles. The molecule has 4 nitrogen and oxygen atoms in total. The van der Waals surface area contributed by atoms with Gasteiger partial charge >= 0.3 is 6.18 Å². The summed E-state index contributed by atoms with van der Waals surface area (Å²) in [7, 11) is 0. The minimum Gasteiger partial charge on any atom is -0.483 e. The van der Waals surface area contributed by atoms with Crippen LogP contribution in [0.4, 0.5) is 23.2 Å². The highest BCUT2D eigenvalue weighted by Gasteiger charge is 2.32. The maximum absolute atomic E-state index is 14.1. The number of amides is 1. The third-order valence-electron chi connectivity index (χ3n) is 7.08. The van der Waals surface area contributed by atoms with E-state index >= 15 is 0 Å². The predicted molar refractivity (Wildman–Crippen MR) is 126 cm³/mol. The van der Waals surface area contributed by atoms with Crippen LogP contribution >= 0.6 is 0 Å². The molecule has 2 aliphatic carbocycles. The highest BCUT2D eigenvalue weighted by molar-refractivity contribution is 5.92. The van der Waals surface area contributed by atoms with Gasteiger partial charge in [-0.2, -0.15) is 13.2 Å². The molecule has 2 unspecified atom stereocenters. The number of carbonyl (C=O) groups excluding carboxylic acids is 1. The van der Waals surface area contributed by atoms with Crippen LogP contribution in [0.25, 0.3) is 0 Å². The summed E-state index contributed by atoms with van der Waals surface area (Å²) < 4.78 is 52.3. The largest absolute Gasteiger partial charge is 0.483 e. The van der Waals surface area contributed by atoms with Gasteiger partial charge in [-0.05, 0) is 73.3 Å². The quantitative estimate of drug-likeness (QED) is 0.342. The van der Waals surface area contributed by atoms with Crippen molar-refractivity contribution < 1.29 is 32.3 Å². The number of benzene rings is 2. The number of anilines is 1. The van der Waals surface area contributed by atoms with E-state index in [0.29, 0.717) is 24.8 Å². The van der Waals surface area contributed by atoms with E-state index in [4.69, 9.17) is 9.90 Å². The third kappa shape index (κ3) is 7.29. The molecule has 2 aromatic carbocycles. The second-order valence-corrected chi connectivity index (χ2v) is 9.35. The van der Waals surface area contributed by atoms with Crippen molar-refractivity contribution in [1.82, 2.24) is 0 Å². The molecule has 1 amide bonds. The highest BCUT2D eigenvalue weighted by Crippen LogP contribution is 2.39. The Kier molecular flexibility index (Phi) is 9.29. The second kappa shape index (κ2) is 12.2. The van der Waals surface area contributed by atoms with Crippen LogP contribution in [0.15, 0.2) is 42.5 Å². The van der Waals surface area contributed by atoms with Crippen LogP contribution in [0, 0.1) is 11.7 Å². The van der Waals surface area contributed by atoms with Crippen molar-refractivity contribution in [2.75, 3.05) is 5.32 Å². The first-order chi connectivity index (χ1) is 16.7. The molecule has 0 aliphatic heterocycles. The van der Waals surface area contributed by atoms with Gasteiger partial charge in [0, 0.05) is 5.92 Å². The molecular formula is C27H31F4NO3. The van der Waals surface area contributed by atoms with Crippen LogP contribution in [0.3, 0.4) is 0 Å². The van der Waals surface area contributed by atoms with E-state index in [2.05, 4.69) is 29.6 Å². The van der Waals surface area contributed by atoms with Crippen LogP contribution in [-0.4, -0.2) is 17.5 Å². The highest BCUT2D eigenvalue weighted by atomic mass is 19.4. The van der Waals surface area contributed by atoms with Crippen LogP contribution in [-0.2, 0) is 15.8 Å². The molecule has 0 aromatic heterocycles. The molecule has 0 spiro atoms. The summed E-state index contributed by atoms with van der Waals surface area (Å²) in [5.41, 5.74) is 1.35. The van der Waals surface area contributed by atoms with Gasteiger partial charge in [-0.25, -0.2) is 4.39 Å². The number of halogens is 4. The predicted octanol–water partition coefficient (Wildman–Crippen LogP) is 7.51. The van der Waals surface area contributed by atoms with Crippen LogP contribution in [0.5, 0.6) is 0 Å². The summed E-state index contributed by atoms with van der Waals surface area (Å²) in [5.74, 6) is -0.766. The molecule has 2 N–H and O–H groups in total. The van der Waals surface area contributed by atoms with Gasteiger partial charge in [0.25, 0.3) is 6.47 Å². The summed E-state index contributed by atoms with van der Waals surface area (Å²) in [4.78, 5) is 21.1. The zero-order chi connectivity index (χ0) is 25.4. The number of carbonyl (C=O) groups is 2. The lowest BCUT2D eigenvalue weighted by Crippen LogP contribution is -2.28. The smallest absolute Gasteiger partial charge is 0.416 e. The maximum Gasteiger partial charge on any atom is 0.416 e. The maximum atomic E-state index is 14.1. The molecule has 35 heavy (non-hydrogen) atoms. The van der Waals surface area contributed by atoms with Gasteiger partial charge in [0.05, 0.1) is 11.3 Å². The first-order valence-electron chi connectivity index (χ1n) is 12.1. The number of rotatable bonds is 4. The van der Waals surface area contributed by atoms with Gasteiger partial charge < -0.3 is 10.4 Å². The SMILES string of the molecule is O=C(Nc1ccc(C(F)(F)F)cc1F)C1CCCC(c2ccc(C3CCCCC3)cc2)C1.O=CO. The molecule has 2 fully saturated rings. The average molecular weight is 494 g/mol. The summed E-state index contributed by atoms with van der Waals surface area (Å²) in [5, 5.41) is 9.39. The molecule has 190 valence electrons. The van der Waals surface area contributed by atoms with Gasteiger partial charge in [-0.15, -0.1) is 0 Å². The monoisotopic (exact) mass is 493 g/mol. The van der Waals surface area contributed by atoms with Crippen molar-refractivity contribution in [2.45, 2.75) is 75.8 Å². The normalized spacial score (nSPS) is 20.9. The van der Waals surface area contributed by atoms with Crippen LogP contribution in [0.1, 0.15) is 86.3 Å². The molecule has 2 atom stereocenters. The van der Waals surface area contributed by atoms with Gasteiger partial charge in [0.2, 0.25) is 5.91 Å². The number of nitrogens with one attached hydrogen (secondary N) is 1. The molecule has 0 heterocycles. The van der Waals surface area contributed by atoms with Crippen molar-refractivity contribution in [1.29, 1.82) is 0 Å². The Balaban J connectivity index is 0.00000108. The number of hydrogen-bond donors (Lipinski definition) is 2. The lowest BCUT2D eigenvalue weighted by Gasteiger charge is -2.29. The third-order valence-corrected chi connectivity index (χ3v) is 7.08. The number of alkyl halides is 3. The first kappa shape index (κ1) is 26.7. The molecule has 2 aliphatic rings. The van der Waals surface area contributed by atoms with Crippen LogP contribution in [0.2, 0.25) is 0 Å². The Hall–Kier alpha value is -2.90.